The van der Waals surface area contributed by atoms with Crippen LogP contribution in [0.3, 0.4) is 0 Å². The highest BCUT2D eigenvalue weighted by Gasteiger charge is 2.57. The van der Waals surface area contributed by atoms with Crippen molar-refractivity contribution >= 4 is 5.97 Å². The Balaban J connectivity index is 1.28. The smallest absolute Gasteiger partial charge is 0.338 e. The van der Waals surface area contributed by atoms with Gasteiger partial charge in [-0.1, -0.05) is 42.5 Å². The van der Waals surface area contributed by atoms with Crippen LogP contribution in [-0.2, 0) is 28.4 Å². The van der Waals surface area contributed by atoms with Crippen LogP contribution >= 0.6 is 0 Å². The van der Waals surface area contributed by atoms with Crippen LogP contribution in [0.4, 0.5) is 0 Å². The molecule has 0 unspecified atom stereocenters. The van der Waals surface area contributed by atoms with E-state index < -0.39 is 30.4 Å². The van der Waals surface area contributed by atoms with Gasteiger partial charge in [0.15, 0.2) is 18.4 Å². The first-order chi connectivity index (χ1) is 15.4. The normalized spacial score (nSPS) is 31.5. The zero-order chi connectivity index (χ0) is 22.3. The average molecular weight is 442 g/mol. The lowest BCUT2D eigenvalue weighted by Gasteiger charge is -2.35. The molecule has 0 amide bonds. The summed E-state index contributed by atoms with van der Waals surface area (Å²) in [6.07, 6.45) is -3.27. The number of esters is 1. The van der Waals surface area contributed by atoms with Crippen molar-refractivity contribution in [2.24, 2.45) is 0 Å². The van der Waals surface area contributed by atoms with Gasteiger partial charge in [0.1, 0.15) is 31.0 Å². The number of hydrogen-bond donors (Lipinski definition) is 1. The largest absolute Gasteiger partial charge is 0.459 e. The molecule has 0 radical (unpaired) electrons. The van der Waals surface area contributed by atoms with Crippen LogP contribution in [0.1, 0.15) is 47.7 Å². The van der Waals surface area contributed by atoms with Crippen molar-refractivity contribution in [2.45, 2.75) is 56.6 Å². The minimum atomic E-state index is -1.04. The Bertz CT molecular complexity index is 961. The quantitative estimate of drug-likeness (QED) is 0.707. The number of ether oxygens (including phenoxy) is 6. The van der Waals surface area contributed by atoms with E-state index in [0.29, 0.717) is 23.3 Å². The first-order valence-electron chi connectivity index (χ1n) is 10.7. The number of aliphatic hydroxyl groups is 1. The summed E-state index contributed by atoms with van der Waals surface area (Å²) in [6, 6.07) is 15.9. The van der Waals surface area contributed by atoms with Crippen LogP contribution in [0.15, 0.2) is 54.6 Å². The summed E-state index contributed by atoms with van der Waals surface area (Å²) < 4.78 is 35.1. The summed E-state index contributed by atoms with van der Waals surface area (Å²) in [5.41, 5.74) is 1.66. The van der Waals surface area contributed by atoms with Crippen LogP contribution in [0.2, 0.25) is 0 Å². The third-order valence-electron chi connectivity index (χ3n) is 5.77. The second-order valence-corrected chi connectivity index (χ2v) is 8.52. The predicted molar refractivity (Wildman–Crippen MR) is 110 cm³/mol. The Morgan fingerprint density at radius 2 is 1.81 bits per heavy atom. The van der Waals surface area contributed by atoms with Crippen molar-refractivity contribution in [1.29, 1.82) is 0 Å². The monoisotopic (exact) mass is 442 g/mol. The molecule has 6 atom stereocenters. The van der Waals surface area contributed by atoms with Gasteiger partial charge in [0.05, 0.1) is 12.2 Å². The van der Waals surface area contributed by atoms with Gasteiger partial charge in [-0.05, 0) is 31.5 Å². The molecule has 0 spiro atoms. The molecule has 3 saturated heterocycles. The number of hydrogen-bond acceptors (Lipinski definition) is 8. The van der Waals surface area contributed by atoms with E-state index in [2.05, 4.69) is 0 Å². The summed E-state index contributed by atoms with van der Waals surface area (Å²) in [5, 5.41) is 10.8. The van der Waals surface area contributed by atoms with Crippen molar-refractivity contribution in [3.63, 3.8) is 0 Å². The van der Waals surface area contributed by atoms with E-state index in [9.17, 15) is 9.90 Å². The molecule has 0 aliphatic carbocycles. The molecular weight excluding hydrogens is 416 g/mol. The average Bonchev–Trinajstić information content (AvgIpc) is 3.28. The van der Waals surface area contributed by atoms with Crippen LogP contribution in [0, 0.1) is 0 Å². The molecule has 8 nitrogen and oxygen atoms in total. The molecular formula is C24H26O8. The molecule has 0 aromatic heterocycles. The fourth-order valence-corrected chi connectivity index (χ4v) is 4.30. The standard InChI is InChI=1S/C24H26O8/c1-24(2)31-20-19-18(29-23(20)32-24)13-28-22(30-19)16-11-7-6-10-15(16)17(25)12-27-21(26)14-8-4-3-5-9-14/h3-11,17-20,22-23,25H,12-13H2,1-2H3/t17-,18-,19+,20-,22+,23-/m1/s1. The first kappa shape index (κ1) is 21.5. The second kappa shape index (κ2) is 8.55. The zero-order valence-corrected chi connectivity index (χ0v) is 17.9. The van der Waals surface area contributed by atoms with E-state index in [0.717, 1.165) is 0 Å². The highest BCUT2D eigenvalue weighted by Crippen LogP contribution is 2.43. The Morgan fingerprint density at radius 3 is 2.62 bits per heavy atom. The highest BCUT2D eigenvalue weighted by molar-refractivity contribution is 5.89. The molecule has 170 valence electrons. The van der Waals surface area contributed by atoms with E-state index in [1.54, 1.807) is 36.4 Å². The van der Waals surface area contributed by atoms with Gasteiger partial charge in [0.2, 0.25) is 0 Å². The number of carbonyl (C=O) groups excluding carboxylic acids is 1. The van der Waals surface area contributed by atoms with Gasteiger partial charge < -0.3 is 33.5 Å². The Morgan fingerprint density at radius 1 is 1.06 bits per heavy atom. The SMILES string of the molecule is CC1(C)O[C@H]2O[C@@H]3CO[C@H](c4ccccc4[C@H](O)COC(=O)c4ccccc4)O[C@@H]3[C@H]2O1. The van der Waals surface area contributed by atoms with Gasteiger partial charge >= 0.3 is 5.97 Å². The lowest BCUT2D eigenvalue weighted by molar-refractivity contribution is -0.285. The highest BCUT2D eigenvalue weighted by atomic mass is 16.9. The lowest BCUT2D eigenvalue weighted by atomic mass is 10.0. The molecule has 3 heterocycles. The molecule has 3 aliphatic heterocycles. The van der Waals surface area contributed by atoms with E-state index >= 15 is 0 Å². The van der Waals surface area contributed by atoms with Gasteiger partial charge in [-0.25, -0.2) is 4.79 Å². The molecule has 32 heavy (non-hydrogen) atoms. The maximum atomic E-state index is 12.2. The molecule has 1 N–H and O–H groups in total. The Hall–Kier alpha value is -2.33. The van der Waals surface area contributed by atoms with Crippen LogP contribution < -0.4 is 0 Å². The topological polar surface area (TPSA) is 92.7 Å². The predicted octanol–water partition coefficient (Wildman–Crippen LogP) is 2.87. The first-order valence-corrected chi connectivity index (χ1v) is 10.7. The van der Waals surface area contributed by atoms with Crippen LogP contribution in [0.5, 0.6) is 0 Å². The molecule has 0 saturated carbocycles. The maximum Gasteiger partial charge on any atom is 0.338 e. The number of fused-ring (bicyclic) bond motifs is 3. The Kier molecular flexibility index (Phi) is 5.75. The summed E-state index contributed by atoms with van der Waals surface area (Å²) >= 11 is 0. The third kappa shape index (κ3) is 4.17. The number of benzene rings is 2. The summed E-state index contributed by atoms with van der Waals surface area (Å²) in [4.78, 5) is 12.2. The van der Waals surface area contributed by atoms with Crippen molar-refractivity contribution in [2.75, 3.05) is 13.2 Å². The molecule has 0 bridgehead atoms. The number of aliphatic hydroxyl groups excluding tert-OH is 1. The van der Waals surface area contributed by atoms with Crippen LogP contribution in [-0.4, -0.2) is 54.7 Å². The van der Waals surface area contributed by atoms with E-state index in [1.807, 2.05) is 32.0 Å². The van der Waals surface area contributed by atoms with Crippen molar-refractivity contribution in [3.8, 4) is 0 Å². The van der Waals surface area contributed by atoms with Gasteiger partial charge in [0.25, 0.3) is 0 Å². The molecule has 5 rings (SSSR count). The summed E-state index contributed by atoms with van der Waals surface area (Å²) in [7, 11) is 0. The number of rotatable bonds is 5. The molecule has 8 heteroatoms. The summed E-state index contributed by atoms with van der Waals surface area (Å²) in [5.74, 6) is -1.24. The van der Waals surface area contributed by atoms with E-state index in [4.69, 9.17) is 28.4 Å². The van der Waals surface area contributed by atoms with Gasteiger partial charge in [-0.15, -0.1) is 0 Å². The molecule has 2 aromatic carbocycles. The zero-order valence-electron chi connectivity index (χ0n) is 17.9. The van der Waals surface area contributed by atoms with Crippen molar-refractivity contribution in [1.82, 2.24) is 0 Å². The molecule has 2 aromatic rings. The van der Waals surface area contributed by atoms with Gasteiger partial charge in [-0.2, -0.15) is 0 Å². The lowest BCUT2D eigenvalue weighted by Crippen LogP contribution is -2.44. The minimum absolute atomic E-state index is 0.192. The maximum absolute atomic E-state index is 12.2. The van der Waals surface area contributed by atoms with Gasteiger partial charge in [0, 0.05) is 5.56 Å². The molecule has 3 aliphatic rings. The minimum Gasteiger partial charge on any atom is -0.459 e. The number of carbonyl (C=O) groups is 1. The van der Waals surface area contributed by atoms with Crippen LogP contribution in [0.25, 0.3) is 0 Å². The fraction of sp³-hybridized carbons (Fsp3) is 0.458. The van der Waals surface area contributed by atoms with Crippen molar-refractivity contribution in [3.05, 3.63) is 71.3 Å². The third-order valence-corrected chi connectivity index (χ3v) is 5.77. The van der Waals surface area contributed by atoms with Gasteiger partial charge in [-0.3, -0.25) is 0 Å². The van der Waals surface area contributed by atoms with Crippen molar-refractivity contribution < 1.29 is 38.3 Å². The van der Waals surface area contributed by atoms with E-state index in [-0.39, 0.29) is 24.9 Å². The van der Waals surface area contributed by atoms with E-state index in [1.165, 1.54) is 0 Å². The Labute approximate surface area is 185 Å². The summed E-state index contributed by atoms with van der Waals surface area (Å²) in [6.45, 7) is 3.79. The second-order valence-electron chi connectivity index (χ2n) is 8.52. The fourth-order valence-electron chi connectivity index (χ4n) is 4.30. The molecule has 3 fully saturated rings.